The molecular formula is C9H8N2O3. The zero-order chi connectivity index (χ0) is 10.1. The summed E-state index contributed by atoms with van der Waals surface area (Å²) in [6.45, 7) is 0. The van der Waals surface area contributed by atoms with Gasteiger partial charge in [0.25, 0.3) is 0 Å². The summed E-state index contributed by atoms with van der Waals surface area (Å²) in [5, 5.41) is 11.2. The minimum atomic E-state index is -1.03. The van der Waals surface area contributed by atoms with Crippen molar-refractivity contribution in [2.75, 3.05) is 0 Å². The van der Waals surface area contributed by atoms with E-state index in [0.717, 1.165) is 0 Å². The summed E-state index contributed by atoms with van der Waals surface area (Å²) in [5.74, 6) is -1.73. The Hall–Kier alpha value is -1.91. The summed E-state index contributed by atoms with van der Waals surface area (Å²) < 4.78 is 0. The fourth-order valence-electron chi connectivity index (χ4n) is 1.47. The van der Waals surface area contributed by atoms with Crippen LogP contribution in [0.2, 0.25) is 0 Å². The predicted molar refractivity (Wildman–Crippen MR) is 48.8 cm³/mol. The quantitative estimate of drug-likeness (QED) is 0.599. The first-order chi connectivity index (χ1) is 6.68. The number of carboxylic acid groups (broad SMARTS) is 1. The van der Waals surface area contributed by atoms with E-state index >= 15 is 0 Å². The molecule has 1 amide bonds. The molecule has 0 unspecified atom stereocenters. The lowest BCUT2D eigenvalue weighted by atomic mass is 9.90. The molecule has 2 N–H and O–H groups in total. The minimum Gasteiger partial charge on any atom is -0.478 e. The highest BCUT2D eigenvalue weighted by atomic mass is 16.4. The number of hydrogen-bond donors (Lipinski definition) is 2. The van der Waals surface area contributed by atoms with Crippen LogP contribution in [0.1, 0.15) is 0 Å². The smallest absolute Gasteiger partial charge is 0.335 e. The van der Waals surface area contributed by atoms with Crippen molar-refractivity contribution in [2.45, 2.75) is 6.04 Å². The van der Waals surface area contributed by atoms with Crippen LogP contribution in [0.25, 0.3) is 0 Å². The van der Waals surface area contributed by atoms with Crippen molar-refractivity contribution in [3.63, 3.8) is 0 Å². The van der Waals surface area contributed by atoms with Crippen molar-refractivity contribution in [2.24, 2.45) is 10.9 Å². The zero-order valence-electron chi connectivity index (χ0n) is 7.18. The summed E-state index contributed by atoms with van der Waals surface area (Å²) in [7, 11) is 0. The first kappa shape index (κ1) is 8.68. The fourth-order valence-corrected chi connectivity index (χ4v) is 1.47. The van der Waals surface area contributed by atoms with Crippen LogP contribution in [-0.2, 0) is 9.59 Å². The Morgan fingerprint density at radius 3 is 3.07 bits per heavy atom. The minimum absolute atomic E-state index is 0.138. The van der Waals surface area contributed by atoms with Crippen molar-refractivity contribution in [3.05, 3.63) is 23.8 Å². The van der Waals surface area contributed by atoms with Crippen molar-refractivity contribution in [1.82, 2.24) is 5.32 Å². The molecule has 0 saturated heterocycles. The molecule has 1 aliphatic carbocycles. The Morgan fingerprint density at radius 1 is 1.57 bits per heavy atom. The second-order valence-corrected chi connectivity index (χ2v) is 3.09. The molecule has 0 aromatic rings. The van der Waals surface area contributed by atoms with Crippen molar-refractivity contribution >= 4 is 18.2 Å². The molecule has 14 heavy (non-hydrogen) atoms. The molecule has 1 aliphatic heterocycles. The Labute approximate surface area is 79.8 Å². The second-order valence-electron chi connectivity index (χ2n) is 3.09. The Balaban J connectivity index is 2.33. The van der Waals surface area contributed by atoms with Gasteiger partial charge in [0.2, 0.25) is 5.91 Å². The van der Waals surface area contributed by atoms with Gasteiger partial charge in [0.1, 0.15) is 0 Å². The van der Waals surface area contributed by atoms with Crippen molar-refractivity contribution in [1.29, 1.82) is 0 Å². The predicted octanol–water partition coefficient (Wildman–Crippen LogP) is -0.290. The highest BCUT2D eigenvalue weighted by molar-refractivity contribution is 5.97. The van der Waals surface area contributed by atoms with Crippen LogP contribution in [0.4, 0.5) is 0 Å². The van der Waals surface area contributed by atoms with Gasteiger partial charge in [-0.15, -0.1) is 0 Å². The number of aliphatic carboxylic acids is 1. The number of nitrogens with one attached hydrogen (secondary N) is 1. The molecule has 1 heterocycles. The third kappa shape index (κ3) is 1.32. The lowest BCUT2D eigenvalue weighted by Crippen LogP contribution is -2.40. The van der Waals surface area contributed by atoms with Crippen LogP contribution in [-0.4, -0.2) is 29.4 Å². The van der Waals surface area contributed by atoms with E-state index in [1.54, 1.807) is 6.08 Å². The van der Waals surface area contributed by atoms with Gasteiger partial charge >= 0.3 is 5.97 Å². The van der Waals surface area contributed by atoms with E-state index in [4.69, 9.17) is 5.11 Å². The summed E-state index contributed by atoms with van der Waals surface area (Å²) in [4.78, 5) is 26.0. The molecule has 2 aliphatic rings. The number of rotatable bonds is 1. The van der Waals surface area contributed by atoms with E-state index < -0.39 is 11.9 Å². The van der Waals surface area contributed by atoms with Crippen LogP contribution >= 0.6 is 0 Å². The molecule has 0 spiro atoms. The van der Waals surface area contributed by atoms with Crippen LogP contribution in [0, 0.1) is 5.92 Å². The summed E-state index contributed by atoms with van der Waals surface area (Å²) >= 11 is 0. The molecule has 0 fully saturated rings. The number of carbonyl (C=O) groups excluding carboxylic acids is 1. The van der Waals surface area contributed by atoms with Gasteiger partial charge in [-0.05, 0) is 6.08 Å². The van der Waals surface area contributed by atoms with Crippen molar-refractivity contribution < 1.29 is 14.7 Å². The number of amides is 1. The van der Waals surface area contributed by atoms with Gasteiger partial charge in [0, 0.05) is 0 Å². The Morgan fingerprint density at radius 2 is 2.36 bits per heavy atom. The van der Waals surface area contributed by atoms with Gasteiger partial charge in [-0.3, -0.25) is 9.79 Å². The fraction of sp³-hybridized carbons (Fsp3) is 0.222. The summed E-state index contributed by atoms with van der Waals surface area (Å²) in [6, 6.07) is -0.258. The molecule has 0 radical (unpaired) electrons. The molecule has 0 saturated carbocycles. The highest BCUT2D eigenvalue weighted by Gasteiger charge is 2.30. The van der Waals surface area contributed by atoms with E-state index in [1.165, 1.54) is 18.5 Å². The average molecular weight is 192 g/mol. The van der Waals surface area contributed by atoms with Gasteiger partial charge in [-0.25, -0.2) is 4.79 Å². The number of carboxylic acids is 1. The number of fused-ring (bicyclic) bond motifs is 1. The van der Waals surface area contributed by atoms with Crippen molar-refractivity contribution in [3.8, 4) is 0 Å². The van der Waals surface area contributed by atoms with Gasteiger partial charge in [0.05, 0.1) is 23.9 Å². The Bertz CT molecular complexity index is 382. The SMILES string of the molecule is O=C(O)C1=C[C@H]2C(=O)NC=N[C@@H]2C=C1. The lowest BCUT2D eigenvalue weighted by Gasteiger charge is -2.23. The van der Waals surface area contributed by atoms with Crippen LogP contribution in [0.15, 0.2) is 28.8 Å². The molecule has 0 bridgehead atoms. The molecule has 5 heteroatoms. The van der Waals surface area contributed by atoms with E-state index in [0.29, 0.717) is 0 Å². The molecule has 72 valence electrons. The molecule has 0 aromatic carbocycles. The van der Waals surface area contributed by atoms with E-state index in [2.05, 4.69) is 10.3 Å². The maximum absolute atomic E-state index is 11.3. The monoisotopic (exact) mass is 192 g/mol. The van der Waals surface area contributed by atoms with Crippen LogP contribution in [0.3, 0.4) is 0 Å². The molecule has 2 rings (SSSR count). The molecule has 5 nitrogen and oxygen atoms in total. The average Bonchev–Trinajstić information content (AvgIpc) is 2.18. The highest BCUT2D eigenvalue weighted by Crippen LogP contribution is 2.21. The number of nitrogens with zero attached hydrogens (tertiary/aromatic N) is 1. The summed E-state index contributed by atoms with van der Waals surface area (Å²) in [5.41, 5.74) is 0.138. The molecule has 0 aromatic heterocycles. The standard InChI is InChI=1S/C9H8N2O3/c12-8-6-3-5(9(13)14)1-2-7(6)10-4-11-8/h1-4,6-7H,(H,13,14)(H,10,11,12)/t6-,7-/m1/s1. The molecule has 2 atom stereocenters. The number of carbonyl (C=O) groups is 2. The van der Waals surface area contributed by atoms with Crippen LogP contribution in [0.5, 0.6) is 0 Å². The third-order valence-electron chi connectivity index (χ3n) is 2.20. The van der Waals surface area contributed by atoms with Gasteiger partial charge in [-0.2, -0.15) is 0 Å². The normalized spacial score (nSPS) is 29.1. The first-order valence-electron chi connectivity index (χ1n) is 4.14. The van der Waals surface area contributed by atoms with Crippen LogP contribution < -0.4 is 5.32 Å². The topological polar surface area (TPSA) is 78.8 Å². The third-order valence-corrected chi connectivity index (χ3v) is 2.20. The zero-order valence-corrected chi connectivity index (χ0v) is 7.18. The maximum Gasteiger partial charge on any atom is 0.335 e. The number of hydrogen-bond acceptors (Lipinski definition) is 3. The van der Waals surface area contributed by atoms with Gasteiger partial charge < -0.3 is 10.4 Å². The Kier molecular flexibility index (Phi) is 1.92. The first-order valence-corrected chi connectivity index (χ1v) is 4.14. The van der Waals surface area contributed by atoms with E-state index in [-0.39, 0.29) is 17.5 Å². The number of aliphatic imine (C=N–C) groups is 1. The summed E-state index contributed by atoms with van der Waals surface area (Å²) in [6.07, 6.45) is 5.87. The van der Waals surface area contributed by atoms with Gasteiger partial charge in [-0.1, -0.05) is 12.2 Å². The lowest BCUT2D eigenvalue weighted by molar-refractivity contribution is -0.132. The van der Waals surface area contributed by atoms with E-state index in [1.807, 2.05) is 0 Å². The van der Waals surface area contributed by atoms with E-state index in [9.17, 15) is 9.59 Å². The van der Waals surface area contributed by atoms with Gasteiger partial charge in [0.15, 0.2) is 0 Å². The maximum atomic E-state index is 11.3. The molecular weight excluding hydrogens is 184 g/mol. The second kappa shape index (κ2) is 3.10. The largest absolute Gasteiger partial charge is 0.478 e.